The summed E-state index contributed by atoms with van der Waals surface area (Å²) in [6, 6.07) is 35.6. The number of hydrogen-bond acceptors (Lipinski definition) is 4. The largest absolute Gasteiger partial charge is 0.507 e. The van der Waals surface area contributed by atoms with Gasteiger partial charge < -0.3 is 20.1 Å². The molecule has 0 aliphatic heterocycles. The first-order chi connectivity index (χ1) is 20.0. The number of phenols is 1. The van der Waals surface area contributed by atoms with Gasteiger partial charge in [0.2, 0.25) is 0 Å². The highest BCUT2D eigenvalue weighted by atomic mass is 16.4. The highest BCUT2D eigenvalue weighted by molar-refractivity contribution is 5.90. The first-order valence-corrected chi connectivity index (χ1v) is 14.1. The van der Waals surface area contributed by atoms with Gasteiger partial charge in [0.05, 0.1) is 17.4 Å². The van der Waals surface area contributed by atoms with Gasteiger partial charge in [-0.3, -0.25) is 0 Å². The molecule has 0 saturated heterocycles. The normalized spacial score (nSPS) is 11.8. The van der Waals surface area contributed by atoms with Crippen LogP contribution in [0, 0.1) is 0 Å². The minimum absolute atomic E-state index is 0.103. The summed E-state index contributed by atoms with van der Waals surface area (Å²) >= 11 is 0. The Kier molecular flexibility index (Phi) is 8.92. The summed E-state index contributed by atoms with van der Waals surface area (Å²) in [4.78, 5) is 16.9. The zero-order valence-electron chi connectivity index (χ0n) is 23.2. The number of carboxylic acids is 1. The van der Waals surface area contributed by atoms with Crippen molar-refractivity contribution >= 4 is 5.97 Å². The minimum Gasteiger partial charge on any atom is -0.507 e. The minimum atomic E-state index is -1.15. The molecule has 0 bridgehead atoms. The third-order valence-electron chi connectivity index (χ3n) is 7.28. The molecule has 6 heteroatoms. The van der Waals surface area contributed by atoms with Crippen LogP contribution in [0.3, 0.4) is 0 Å². The van der Waals surface area contributed by atoms with E-state index in [1.807, 2.05) is 54.6 Å². The second-order valence-electron chi connectivity index (χ2n) is 10.2. The molecule has 5 rings (SSSR count). The van der Waals surface area contributed by atoms with Gasteiger partial charge in [-0.25, -0.2) is 9.78 Å². The Hall–Kier alpha value is -4.68. The highest BCUT2D eigenvalue weighted by Crippen LogP contribution is 2.35. The lowest BCUT2D eigenvalue weighted by Crippen LogP contribution is -2.26. The number of aromatic hydroxyl groups is 1. The fraction of sp³-hybridized carbons (Fsp3) is 0.200. The zero-order chi connectivity index (χ0) is 28.6. The van der Waals surface area contributed by atoms with Crippen LogP contribution in [-0.4, -0.2) is 25.7 Å². The van der Waals surface area contributed by atoms with E-state index in [1.54, 1.807) is 6.07 Å². The van der Waals surface area contributed by atoms with Gasteiger partial charge in [-0.15, -0.1) is 0 Å². The number of nitrogens with zero attached hydrogens (tertiary/aromatic N) is 2. The van der Waals surface area contributed by atoms with Crippen LogP contribution in [0.4, 0.5) is 0 Å². The predicted molar refractivity (Wildman–Crippen MR) is 163 cm³/mol. The zero-order valence-corrected chi connectivity index (χ0v) is 23.2. The van der Waals surface area contributed by atoms with Gasteiger partial charge in [-0.1, -0.05) is 110 Å². The van der Waals surface area contributed by atoms with Gasteiger partial charge in [0.25, 0.3) is 0 Å². The number of hydrogen-bond donors (Lipinski definition) is 3. The van der Waals surface area contributed by atoms with Crippen molar-refractivity contribution in [2.24, 2.45) is 0 Å². The van der Waals surface area contributed by atoms with Crippen molar-refractivity contribution in [3.05, 3.63) is 132 Å². The van der Waals surface area contributed by atoms with Gasteiger partial charge >= 0.3 is 5.97 Å². The number of unbranched alkanes of at least 4 members (excludes halogenated alkanes) is 1. The van der Waals surface area contributed by atoms with Gasteiger partial charge in [0, 0.05) is 24.2 Å². The van der Waals surface area contributed by atoms with Crippen LogP contribution < -0.4 is 5.32 Å². The lowest BCUT2D eigenvalue weighted by Gasteiger charge is -2.24. The molecule has 0 aliphatic carbocycles. The van der Waals surface area contributed by atoms with Crippen LogP contribution in [0.1, 0.15) is 53.0 Å². The molecule has 1 aromatic heterocycles. The van der Waals surface area contributed by atoms with E-state index in [2.05, 4.69) is 53.2 Å². The van der Waals surface area contributed by atoms with E-state index < -0.39 is 5.97 Å². The molecule has 1 unspecified atom stereocenters. The molecule has 0 aliphatic rings. The number of rotatable bonds is 12. The van der Waals surface area contributed by atoms with E-state index in [0.29, 0.717) is 6.54 Å². The average Bonchev–Trinajstić information content (AvgIpc) is 3.39. The smallest absolute Gasteiger partial charge is 0.339 e. The molecule has 6 nitrogen and oxygen atoms in total. The van der Waals surface area contributed by atoms with E-state index >= 15 is 0 Å². The summed E-state index contributed by atoms with van der Waals surface area (Å²) in [5.74, 6) is -0.453. The Morgan fingerprint density at radius 2 is 1.49 bits per heavy atom. The molecule has 0 radical (unpaired) electrons. The second-order valence-corrected chi connectivity index (χ2v) is 10.2. The number of aromatic nitrogens is 2. The summed E-state index contributed by atoms with van der Waals surface area (Å²) in [6.07, 6.45) is 2.78. The first-order valence-electron chi connectivity index (χ1n) is 14.1. The fourth-order valence-corrected chi connectivity index (χ4v) is 5.20. The van der Waals surface area contributed by atoms with Crippen LogP contribution >= 0.6 is 0 Å². The maximum absolute atomic E-state index is 11.7. The Labute approximate surface area is 241 Å². The van der Waals surface area contributed by atoms with Gasteiger partial charge in [0.1, 0.15) is 17.1 Å². The van der Waals surface area contributed by atoms with Crippen LogP contribution in [0.2, 0.25) is 0 Å². The summed E-state index contributed by atoms with van der Waals surface area (Å²) < 4.78 is 2.36. The van der Waals surface area contributed by atoms with E-state index in [-0.39, 0.29) is 17.4 Å². The number of carbonyl (C=O) groups is 1. The molecule has 0 fully saturated rings. The Bertz CT molecular complexity index is 1580. The van der Waals surface area contributed by atoms with Crippen LogP contribution in [0.15, 0.2) is 109 Å². The number of imidazole rings is 1. The second kappa shape index (κ2) is 13.1. The lowest BCUT2D eigenvalue weighted by atomic mass is 9.98. The van der Waals surface area contributed by atoms with E-state index in [9.17, 15) is 15.0 Å². The van der Waals surface area contributed by atoms with Crippen LogP contribution in [0.5, 0.6) is 5.75 Å². The summed E-state index contributed by atoms with van der Waals surface area (Å²) in [6.45, 7) is 3.44. The highest BCUT2D eigenvalue weighted by Gasteiger charge is 2.26. The Morgan fingerprint density at radius 3 is 2.12 bits per heavy atom. The van der Waals surface area contributed by atoms with Gasteiger partial charge in [-0.2, -0.15) is 0 Å². The molecule has 0 amide bonds. The predicted octanol–water partition coefficient (Wildman–Crippen LogP) is 7.49. The van der Waals surface area contributed by atoms with E-state index in [0.717, 1.165) is 59.7 Å². The molecule has 5 aromatic rings. The average molecular weight is 546 g/mol. The number of aromatic carboxylic acids is 1. The van der Waals surface area contributed by atoms with Crippen molar-refractivity contribution in [1.29, 1.82) is 0 Å². The summed E-state index contributed by atoms with van der Waals surface area (Å²) in [5, 5.41) is 23.3. The Balaban J connectivity index is 1.65. The maximum atomic E-state index is 11.7. The van der Waals surface area contributed by atoms with Crippen LogP contribution in [-0.2, 0) is 19.5 Å². The molecule has 4 aromatic carbocycles. The van der Waals surface area contributed by atoms with Crippen molar-refractivity contribution in [2.45, 2.75) is 45.3 Å². The molecule has 1 atom stereocenters. The topological polar surface area (TPSA) is 87.4 Å². The quantitative estimate of drug-likeness (QED) is 0.151. The summed E-state index contributed by atoms with van der Waals surface area (Å²) in [7, 11) is 0. The monoisotopic (exact) mass is 545 g/mol. The SMILES string of the molecule is CCCCn1c(-c2ccccc2)nc(-c2ccccc2)c1C(Cc1ccccc1)NCc1ccc(O)c(C(=O)O)c1. The molecule has 0 saturated carbocycles. The van der Waals surface area contributed by atoms with Crippen molar-refractivity contribution < 1.29 is 15.0 Å². The first kappa shape index (κ1) is 27.9. The Morgan fingerprint density at radius 1 is 0.854 bits per heavy atom. The van der Waals surface area contributed by atoms with Gasteiger partial charge in [-0.05, 0) is 36.1 Å². The summed E-state index contributed by atoms with van der Waals surface area (Å²) in [5.41, 5.74) is 6.01. The van der Waals surface area contributed by atoms with Crippen molar-refractivity contribution in [1.82, 2.24) is 14.9 Å². The molecule has 0 spiro atoms. The fourth-order valence-electron chi connectivity index (χ4n) is 5.20. The molecule has 41 heavy (non-hydrogen) atoms. The molecule has 1 heterocycles. The molecular weight excluding hydrogens is 510 g/mol. The maximum Gasteiger partial charge on any atom is 0.339 e. The van der Waals surface area contributed by atoms with E-state index in [4.69, 9.17) is 4.98 Å². The third-order valence-corrected chi connectivity index (χ3v) is 7.28. The van der Waals surface area contributed by atoms with Crippen molar-refractivity contribution in [3.63, 3.8) is 0 Å². The van der Waals surface area contributed by atoms with Gasteiger partial charge in [0.15, 0.2) is 0 Å². The van der Waals surface area contributed by atoms with Crippen LogP contribution in [0.25, 0.3) is 22.6 Å². The number of carboxylic acid groups (broad SMARTS) is 1. The number of nitrogens with one attached hydrogen (secondary N) is 1. The third kappa shape index (κ3) is 6.56. The number of benzene rings is 4. The standard InChI is InChI=1S/C35H35N3O3/c1-2-3-21-38-33(32(27-15-9-5-10-16-27)37-34(38)28-17-11-6-12-18-28)30(23-25-13-7-4-8-14-25)36-24-26-19-20-31(39)29(22-26)35(40)41/h4-20,22,30,36,39H,2-3,21,23-24H2,1H3,(H,40,41). The molecule has 3 N–H and O–H groups in total. The van der Waals surface area contributed by atoms with E-state index in [1.165, 1.54) is 17.7 Å². The molecule has 208 valence electrons. The van der Waals surface area contributed by atoms with Crippen molar-refractivity contribution in [3.8, 4) is 28.4 Å². The van der Waals surface area contributed by atoms with Crippen molar-refractivity contribution in [2.75, 3.05) is 0 Å². The molecular formula is C35H35N3O3. The lowest BCUT2D eigenvalue weighted by molar-refractivity contribution is 0.0693.